The van der Waals surface area contributed by atoms with Crippen LogP contribution in [0.3, 0.4) is 0 Å². The third-order valence-electron chi connectivity index (χ3n) is 2.85. The Morgan fingerprint density at radius 3 is 2.37 bits per heavy atom. The molecule has 0 aliphatic heterocycles. The van der Waals surface area contributed by atoms with Gasteiger partial charge in [-0.05, 0) is 22.9 Å². The maximum Gasteiger partial charge on any atom is 0.205 e. The Morgan fingerprint density at radius 2 is 1.68 bits per heavy atom. The molecule has 19 heavy (non-hydrogen) atoms. The third kappa shape index (κ3) is 2.36. The molecule has 3 rings (SSSR count). The maximum absolute atomic E-state index is 5.57. The van der Waals surface area contributed by atoms with Crippen molar-refractivity contribution in [3.05, 3.63) is 60.2 Å². The van der Waals surface area contributed by atoms with Gasteiger partial charge in [-0.25, -0.2) is 0 Å². The van der Waals surface area contributed by atoms with Crippen LogP contribution in [0.1, 0.15) is 5.56 Å². The van der Waals surface area contributed by atoms with E-state index >= 15 is 0 Å². The van der Waals surface area contributed by atoms with Crippen LogP contribution in [0.5, 0.6) is 0 Å². The first-order valence-corrected chi connectivity index (χ1v) is 6.01. The summed E-state index contributed by atoms with van der Waals surface area (Å²) in [7, 11) is 0. The fourth-order valence-electron chi connectivity index (χ4n) is 1.79. The van der Waals surface area contributed by atoms with Gasteiger partial charge in [0.05, 0.1) is 5.69 Å². The molecule has 94 valence electrons. The van der Waals surface area contributed by atoms with Crippen LogP contribution in [0.4, 0.5) is 0 Å². The van der Waals surface area contributed by atoms with Crippen LogP contribution in [0.2, 0.25) is 0 Å². The number of tetrazole rings is 1. The van der Waals surface area contributed by atoms with E-state index in [0.29, 0.717) is 12.4 Å². The highest BCUT2D eigenvalue weighted by Gasteiger charge is 2.06. The van der Waals surface area contributed by atoms with Crippen molar-refractivity contribution < 1.29 is 0 Å². The van der Waals surface area contributed by atoms with Crippen LogP contribution in [-0.2, 0) is 6.54 Å². The Kier molecular flexibility index (Phi) is 3.04. The summed E-state index contributed by atoms with van der Waals surface area (Å²) in [5.74, 6) is 0.614. The molecule has 5 nitrogen and oxygen atoms in total. The number of hydrogen-bond acceptors (Lipinski definition) is 4. The first kappa shape index (κ1) is 11.6. The van der Waals surface area contributed by atoms with Gasteiger partial charge in [-0.1, -0.05) is 42.5 Å². The van der Waals surface area contributed by atoms with Crippen molar-refractivity contribution in [3.8, 4) is 17.1 Å². The van der Waals surface area contributed by atoms with Crippen molar-refractivity contribution in [2.24, 2.45) is 5.73 Å². The summed E-state index contributed by atoms with van der Waals surface area (Å²) in [4.78, 5) is 1.52. The van der Waals surface area contributed by atoms with E-state index in [4.69, 9.17) is 5.73 Å². The summed E-state index contributed by atoms with van der Waals surface area (Å²) in [5.41, 5.74) is 8.46. The molecule has 0 bridgehead atoms. The molecule has 0 saturated carbocycles. The highest BCUT2D eigenvalue weighted by molar-refractivity contribution is 5.53. The summed E-state index contributed by atoms with van der Waals surface area (Å²) < 4.78 is 0. The lowest BCUT2D eigenvalue weighted by Gasteiger charge is -1.99. The van der Waals surface area contributed by atoms with Crippen LogP contribution >= 0.6 is 0 Å². The fourth-order valence-corrected chi connectivity index (χ4v) is 1.79. The van der Waals surface area contributed by atoms with E-state index < -0.39 is 0 Å². The lowest BCUT2D eigenvalue weighted by Crippen LogP contribution is -2.00. The average molecular weight is 251 g/mol. The number of aromatic nitrogens is 4. The topological polar surface area (TPSA) is 69.6 Å². The molecule has 0 radical (unpaired) electrons. The van der Waals surface area contributed by atoms with Crippen molar-refractivity contribution >= 4 is 0 Å². The highest BCUT2D eigenvalue weighted by Crippen LogP contribution is 2.14. The lowest BCUT2D eigenvalue weighted by atomic mass is 10.2. The van der Waals surface area contributed by atoms with E-state index in [2.05, 4.69) is 15.4 Å². The molecule has 0 spiro atoms. The van der Waals surface area contributed by atoms with Gasteiger partial charge in [-0.3, -0.25) is 0 Å². The second-order valence-electron chi connectivity index (χ2n) is 4.14. The molecule has 2 aromatic carbocycles. The monoisotopic (exact) mass is 251 g/mol. The minimum atomic E-state index is 0.528. The lowest BCUT2D eigenvalue weighted by molar-refractivity contribution is 0.719. The van der Waals surface area contributed by atoms with E-state index in [1.54, 1.807) is 0 Å². The maximum atomic E-state index is 5.57. The van der Waals surface area contributed by atoms with E-state index in [9.17, 15) is 0 Å². The Hall–Kier alpha value is -2.53. The first-order chi connectivity index (χ1) is 9.36. The average Bonchev–Trinajstić information content (AvgIpc) is 2.98. The molecule has 0 saturated heterocycles. The third-order valence-corrected chi connectivity index (χ3v) is 2.85. The van der Waals surface area contributed by atoms with Gasteiger partial charge in [0.1, 0.15) is 0 Å². The summed E-state index contributed by atoms with van der Waals surface area (Å²) in [6, 6.07) is 17.6. The van der Waals surface area contributed by atoms with E-state index in [1.807, 2.05) is 54.6 Å². The van der Waals surface area contributed by atoms with Gasteiger partial charge in [-0.2, -0.15) is 0 Å². The summed E-state index contributed by atoms with van der Waals surface area (Å²) in [6.07, 6.45) is 0. The summed E-state index contributed by atoms with van der Waals surface area (Å²) in [5, 5.41) is 12.5. The number of nitrogens with zero attached hydrogens (tertiary/aromatic N) is 4. The van der Waals surface area contributed by atoms with Crippen LogP contribution in [0.15, 0.2) is 54.6 Å². The Bertz CT molecular complexity index is 658. The van der Waals surface area contributed by atoms with Crippen molar-refractivity contribution in [2.45, 2.75) is 6.54 Å². The summed E-state index contributed by atoms with van der Waals surface area (Å²) in [6.45, 7) is 0.528. The Balaban J connectivity index is 1.92. The zero-order valence-corrected chi connectivity index (χ0v) is 10.3. The number of hydrogen-bond donors (Lipinski definition) is 1. The molecule has 1 heterocycles. The van der Waals surface area contributed by atoms with E-state index in [0.717, 1.165) is 16.8 Å². The van der Waals surface area contributed by atoms with Gasteiger partial charge in [0.25, 0.3) is 0 Å². The number of benzene rings is 2. The van der Waals surface area contributed by atoms with Gasteiger partial charge < -0.3 is 5.73 Å². The second kappa shape index (κ2) is 4.99. The number of rotatable bonds is 3. The standard InChI is InChI=1S/C14H13N5/c15-10-11-6-8-13(9-7-11)19-17-14(16-18-19)12-4-2-1-3-5-12/h1-9H,10,15H2. The second-order valence-corrected chi connectivity index (χ2v) is 4.14. The zero-order chi connectivity index (χ0) is 13.1. The van der Waals surface area contributed by atoms with Gasteiger partial charge in [0.15, 0.2) is 0 Å². The minimum Gasteiger partial charge on any atom is -0.326 e. The van der Waals surface area contributed by atoms with Crippen molar-refractivity contribution in [1.29, 1.82) is 0 Å². The normalized spacial score (nSPS) is 10.6. The van der Waals surface area contributed by atoms with Crippen LogP contribution in [-0.4, -0.2) is 20.2 Å². The van der Waals surface area contributed by atoms with E-state index in [-0.39, 0.29) is 0 Å². The Labute approximate surface area is 110 Å². The zero-order valence-electron chi connectivity index (χ0n) is 10.3. The molecular formula is C14H13N5. The predicted octanol–water partition coefficient (Wildman–Crippen LogP) is 1.79. The van der Waals surface area contributed by atoms with E-state index in [1.165, 1.54) is 4.80 Å². The largest absolute Gasteiger partial charge is 0.326 e. The van der Waals surface area contributed by atoms with Gasteiger partial charge in [0.2, 0.25) is 5.82 Å². The molecular weight excluding hydrogens is 238 g/mol. The molecule has 3 aromatic rings. The van der Waals surface area contributed by atoms with Crippen molar-refractivity contribution in [1.82, 2.24) is 20.2 Å². The molecule has 2 N–H and O–H groups in total. The number of nitrogens with two attached hydrogens (primary N) is 1. The smallest absolute Gasteiger partial charge is 0.205 e. The molecule has 0 aliphatic carbocycles. The van der Waals surface area contributed by atoms with Gasteiger partial charge in [-0.15, -0.1) is 15.0 Å². The minimum absolute atomic E-state index is 0.528. The summed E-state index contributed by atoms with van der Waals surface area (Å²) >= 11 is 0. The van der Waals surface area contributed by atoms with Crippen LogP contribution in [0, 0.1) is 0 Å². The van der Waals surface area contributed by atoms with Gasteiger partial charge in [0, 0.05) is 12.1 Å². The molecule has 0 unspecified atom stereocenters. The predicted molar refractivity (Wildman–Crippen MR) is 72.5 cm³/mol. The molecule has 1 aromatic heterocycles. The van der Waals surface area contributed by atoms with Gasteiger partial charge >= 0.3 is 0 Å². The SMILES string of the molecule is NCc1ccc(-n2nnc(-c3ccccc3)n2)cc1. The molecule has 0 fully saturated rings. The highest BCUT2D eigenvalue weighted by atomic mass is 15.6. The molecule has 0 aliphatic rings. The molecule has 0 amide bonds. The van der Waals surface area contributed by atoms with Crippen LogP contribution in [0.25, 0.3) is 17.1 Å². The van der Waals surface area contributed by atoms with Crippen molar-refractivity contribution in [2.75, 3.05) is 0 Å². The quantitative estimate of drug-likeness (QED) is 0.770. The Morgan fingerprint density at radius 1 is 0.947 bits per heavy atom. The molecule has 0 atom stereocenters. The molecule has 5 heteroatoms. The fraction of sp³-hybridized carbons (Fsp3) is 0.0714. The first-order valence-electron chi connectivity index (χ1n) is 6.01. The van der Waals surface area contributed by atoms with Crippen molar-refractivity contribution in [3.63, 3.8) is 0 Å². The van der Waals surface area contributed by atoms with Crippen LogP contribution < -0.4 is 5.73 Å².